The monoisotopic (exact) mass is 263 g/mol. The Morgan fingerprint density at radius 1 is 1.37 bits per heavy atom. The molecule has 1 aromatic rings. The number of nitrogens with zero attached hydrogens (tertiary/aromatic N) is 3. The average molecular weight is 263 g/mol. The number of carbonyl (C=O) groups is 1. The van der Waals surface area contributed by atoms with E-state index in [1.54, 1.807) is 13.0 Å². The summed E-state index contributed by atoms with van der Waals surface area (Å²) in [6, 6.07) is 5.51. The van der Waals surface area contributed by atoms with Crippen molar-refractivity contribution in [2.75, 3.05) is 32.7 Å². The highest BCUT2D eigenvalue weighted by molar-refractivity contribution is 5.92. The van der Waals surface area contributed by atoms with Gasteiger partial charge in [-0.15, -0.1) is 0 Å². The van der Waals surface area contributed by atoms with Crippen LogP contribution in [0.1, 0.15) is 23.1 Å². The number of hydrogen-bond donors (Lipinski definition) is 1. The Hall–Kier alpha value is -1.46. The third kappa shape index (κ3) is 3.75. The van der Waals surface area contributed by atoms with Gasteiger partial charge in [-0.2, -0.15) is 0 Å². The molecule has 1 aromatic heterocycles. The predicted molar refractivity (Wildman–Crippen MR) is 73.0 cm³/mol. The molecule has 19 heavy (non-hydrogen) atoms. The van der Waals surface area contributed by atoms with Crippen molar-refractivity contribution in [2.45, 2.75) is 20.0 Å². The number of aliphatic hydroxyl groups is 1. The summed E-state index contributed by atoms with van der Waals surface area (Å²) in [6.45, 7) is 7.35. The molecule has 1 saturated heterocycles. The van der Waals surface area contributed by atoms with E-state index in [1.807, 2.05) is 24.0 Å². The molecule has 1 aliphatic heterocycles. The molecule has 2 rings (SSSR count). The zero-order valence-electron chi connectivity index (χ0n) is 11.5. The number of β-amino-alcohol motifs (C(OH)–C–C–N with tert-alkyl or cyclic N) is 1. The number of carbonyl (C=O) groups excluding carboxylic acids is 1. The molecule has 0 unspecified atom stereocenters. The van der Waals surface area contributed by atoms with Gasteiger partial charge in [0, 0.05) is 38.4 Å². The van der Waals surface area contributed by atoms with Crippen LogP contribution in [0.3, 0.4) is 0 Å². The van der Waals surface area contributed by atoms with Crippen LogP contribution in [0.15, 0.2) is 18.2 Å². The van der Waals surface area contributed by atoms with E-state index in [2.05, 4.69) is 9.88 Å². The number of pyridine rings is 1. The van der Waals surface area contributed by atoms with Gasteiger partial charge < -0.3 is 10.0 Å². The fourth-order valence-corrected chi connectivity index (χ4v) is 2.33. The van der Waals surface area contributed by atoms with Gasteiger partial charge in [0.2, 0.25) is 0 Å². The predicted octanol–water partition coefficient (Wildman–Crippen LogP) is 0.529. The molecule has 5 heteroatoms. The summed E-state index contributed by atoms with van der Waals surface area (Å²) >= 11 is 0. The number of hydrogen-bond acceptors (Lipinski definition) is 4. The Labute approximate surface area is 113 Å². The van der Waals surface area contributed by atoms with Crippen LogP contribution in [-0.2, 0) is 0 Å². The van der Waals surface area contributed by atoms with Crippen molar-refractivity contribution in [1.29, 1.82) is 0 Å². The quantitative estimate of drug-likeness (QED) is 0.864. The molecule has 0 aliphatic carbocycles. The Balaban J connectivity index is 1.92. The first-order chi connectivity index (χ1) is 9.06. The lowest BCUT2D eigenvalue weighted by Gasteiger charge is -2.35. The van der Waals surface area contributed by atoms with Gasteiger partial charge in [0.05, 0.1) is 6.10 Å². The van der Waals surface area contributed by atoms with Crippen LogP contribution in [-0.4, -0.2) is 64.6 Å². The van der Waals surface area contributed by atoms with Crippen molar-refractivity contribution in [3.63, 3.8) is 0 Å². The third-order valence-electron chi connectivity index (χ3n) is 3.29. The highest BCUT2D eigenvalue weighted by Gasteiger charge is 2.23. The topological polar surface area (TPSA) is 56.7 Å². The second-order valence-corrected chi connectivity index (χ2v) is 5.11. The summed E-state index contributed by atoms with van der Waals surface area (Å²) in [4.78, 5) is 20.6. The molecule has 0 bridgehead atoms. The largest absolute Gasteiger partial charge is 0.392 e. The molecule has 5 nitrogen and oxygen atoms in total. The van der Waals surface area contributed by atoms with Crippen LogP contribution in [0, 0.1) is 6.92 Å². The minimum atomic E-state index is -0.319. The van der Waals surface area contributed by atoms with Crippen LogP contribution in [0.5, 0.6) is 0 Å². The maximum Gasteiger partial charge on any atom is 0.272 e. The fourth-order valence-electron chi connectivity index (χ4n) is 2.33. The van der Waals surface area contributed by atoms with Crippen molar-refractivity contribution >= 4 is 5.91 Å². The summed E-state index contributed by atoms with van der Waals surface area (Å²) < 4.78 is 0. The lowest BCUT2D eigenvalue weighted by atomic mass is 10.2. The zero-order valence-corrected chi connectivity index (χ0v) is 11.5. The SMILES string of the molecule is Cc1cccc(C(=O)N2CCN(C[C@@H](C)O)CC2)n1. The van der Waals surface area contributed by atoms with E-state index in [9.17, 15) is 9.90 Å². The number of aryl methyl sites for hydroxylation is 1. The second kappa shape index (κ2) is 6.12. The maximum absolute atomic E-state index is 12.3. The van der Waals surface area contributed by atoms with E-state index in [4.69, 9.17) is 0 Å². The molecule has 2 heterocycles. The molecule has 0 aromatic carbocycles. The van der Waals surface area contributed by atoms with Gasteiger partial charge in [0.1, 0.15) is 5.69 Å². The summed E-state index contributed by atoms with van der Waals surface area (Å²) in [5.41, 5.74) is 1.38. The minimum absolute atomic E-state index is 0.000368. The van der Waals surface area contributed by atoms with Gasteiger partial charge in [-0.05, 0) is 26.0 Å². The van der Waals surface area contributed by atoms with Crippen LogP contribution in [0.25, 0.3) is 0 Å². The fraction of sp³-hybridized carbons (Fsp3) is 0.571. The van der Waals surface area contributed by atoms with Crippen molar-refractivity contribution in [2.24, 2.45) is 0 Å². The average Bonchev–Trinajstić information content (AvgIpc) is 2.38. The lowest BCUT2D eigenvalue weighted by Crippen LogP contribution is -2.50. The van der Waals surface area contributed by atoms with Gasteiger partial charge in [0.15, 0.2) is 0 Å². The second-order valence-electron chi connectivity index (χ2n) is 5.11. The Morgan fingerprint density at radius 3 is 2.63 bits per heavy atom. The van der Waals surface area contributed by atoms with Gasteiger partial charge in [-0.25, -0.2) is 4.98 Å². The zero-order chi connectivity index (χ0) is 13.8. The van der Waals surface area contributed by atoms with Gasteiger partial charge in [-0.3, -0.25) is 9.69 Å². The van der Waals surface area contributed by atoms with Crippen molar-refractivity contribution in [3.8, 4) is 0 Å². The Kier molecular flexibility index (Phi) is 4.50. The van der Waals surface area contributed by atoms with E-state index < -0.39 is 0 Å². The van der Waals surface area contributed by atoms with Crippen molar-refractivity contribution in [1.82, 2.24) is 14.8 Å². The highest BCUT2D eigenvalue weighted by Crippen LogP contribution is 2.08. The number of rotatable bonds is 3. The Bertz CT molecular complexity index is 440. The maximum atomic E-state index is 12.3. The van der Waals surface area contributed by atoms with Gasteiger partial charge in [0.25, 0.3) is 5.91 Å². The highest BCUT2D eigenvalue weighted by atomic mass is 16.3. The molecular weight excluding hydrogens is 242 g/mol. The normalized spacial score (nSPS) is 18.4. The minimum Gasteiger partial charge on any atom is -0.392 e. The molecule has 104 valence electrons. The molecular formula is C14H21N3O2. The molecule has 1 aliphatic rings. The molecule has 1 fully saturated rings. The summed E-state index contributed by atoms with van der Waals surface area (Å²) in [5, 5.41) is 9.36. The first kappa shape index (κ1) is 14.0. The number of piperazine rings is 1. The van der Waals surface area contributed by atoms with Crippen LogP contribution >= 0.6 is 0 Å². The van der Waals surface area contributed by atoms with E-state index in [-0.39, 0.29) is 12.0 Å². The van der Waals surface area contributed by atoms with Crippen LogP contribution < -0.4 is 0 Å². The number of amides is 1. The van der Waals surface area contributed by atoms with Crippen molar-refractivity contribution < 1.29 is 9.90 Å². The lowest BCUT2D eigenvalue weighted by molar-refractivity contribution is 0.0549. The number of aromatic nitrogens is 1. The van der Waals surface area contributed by atoms with E-state index in [0.717, 1.165) is 18.8 Å². The van der Waals surface area contributed by atoms with Crippen LogP contribution in [0.4, 0.5) is 0 Å². The summed E-state index contributed by atoms with van der Waals surface area (Å²) in [5.74, 6) is 0.000368. The third-order valence-corrected chi connectivity index (χ3v) is 3.29. The van der Waals surface area contributed by atoms with Crippen LogP contribution in [0.2, 0.25) is 0 Å². The smallest absolute Gasteiger partial charge is 0.272 e. The molecule has 1 atom stereocenters. The van der Waals surface area contributed by atoms with Crippen molar-refractivity contribution in [3.05, 3.63) is 29.6 Å². The number of aliphatic hydroxyl groups excluding tert-OH is 1. The first-order valence-corrected chi connectivity index (χ1v) is 6.69. The molecule has 1 N–H and O–H groups in total. The first-order valence-electron chi connectivity index (χ1n) is 6.69. The van der Waals surface area contributed by atoms with E-state index >= 15 is 0 Å². The van der Waals surface area contributed by atoms with E-state index in [1.165, 1.54) is 0 Å². The molecule has 0 saturated carbocycles. The van der Waals surface area contributed by atoms with Gasteiger partial charge in [-0.1, -0.05) is 6.07 Å². The van der Waals surface area contributed by atoms with E-state index in [0.29, 0.717) is 25.3 Å². The van der Waals surface area contributed by atoms with Gasteiger partial charge >= 0.3 is 0 Å². The standard InChI is InChI=1S/C14H21N3O2/c1-11-4-3-5-13(15-11)14(19)17-8-6-16(7-9-17)10-12(2)18/h3-5,12,18H,6-10H2,1-2H3/t12-/m1/s1. The molecule has 1 amide bonds. The molecule has 0 spiro atoms. The Morgan fingerprint density at radius 2 is 2.05 bits per heavy atom. The molecule has 0 radical (unpaired) electrons. The summed E-state index contributed by atoms with van der Waals surface area (Å²) in [7, 11) is 0. The summed E-state index contributed by atoms with van der Waals surface area (Å²) in [6.07, 6.45) is -0.319.